The predicted octanol–water partition coefficient (Wildman–Crippen LogP) is 2.85. The molecule has 4 rings (SSSR count). The molecule has 1 saturated heterocycles. The first-order chi connectivity index (χ1) is 14.0. The summed E-state index contributed by atoms with van der Waals surface area (Å²) in [6, 6.07) is 8.95. The Hall–Kier alpha value is -2.77. The summed E-state index contributed by atoms with van der Waals surface area (Å²) in [4.78, 5) is 17.2. The molecule has 0 radical (unpaired) electrons. The van der Waals surface area contributed by atoms with E-state index in [0.29, 0.717) is 29.8 Å². The minimum Gasteiger partial charge on any atom is -0.507 e. The third-order valence-electron chi connectivity index (χ3n) is 5.23. The first-order valence-electron chi connectivity index (χ1n) is 9.98. The number of phenolic OH excluding ortho intramolecular Hbond substituents is 1. The number of morpholine rings is 1. The van der Waals surface area contributed by atoms with E-state index in [1.807, 2.05) is 18.2 Å². The zero-order chi connectivity index (χ0) is 20.4. The third kappa shape index (κ3) is 4.16. The van der Waals surface area contributed by atoms with Gasteiger partial charge in [0.05, 0.1) is 18.6 Å². The lowest BCUT2D eigenvalue weighted by molar-refractivity contribution is 0.122. The Morgan fingerprint density at radius 2 is 1.93 bits per heavy atom. The molecule has 0 spiro atoms. The molecule has 0 unspecified atom stereocenters. The maximum absolute atomic E-state index is 13.0. The van der Waals surface area contributed by atoms with E-state index in [1.54, 1.807) is 12.1 Å². The van der Waals surface area contributed by atoms with Crippen molar-refractivity contribution in [2.24, 2.45) is 0 Å². The molecule has 7 heteroatoms. The van der Waals surface area contributed by atoms with Crippen molar-refractivity contribution < 1.29 is 14.3 Å². The van der Waals surface area contributed by atoms with Crippen LogP contribution in [0.2, 0.25) is 0 Å². The summed E-state index contributed by atoms with van der Waals surface area (Å²) in [5, 5.41) is 14.6. The van der Waals surface area contributed by atoms with Gasteiger partial charge in [0.1, 0.15) is 22.3 Å². The fourth-order valence-electron chi connectivity index (χ4n) is 3.68. The van der Waals surface area contributed by atoms with E-state index in [2.05, 4.69) is 29.2 Å². The molecule has 1 fully saturated rings. The van der Waals surface area contributed by atoms with Crippen LogP contribution in [0.15, 0.2) is 39.5 Å². The Kier molecular flexibility index (Phi) is 5.60. The van der Waals surface area contributed by atoms with Crippen LogP contribution in [0.3, 0.4) is 0 Å². The molecule has 1 aromatic heterocycles. The second-order valence-corrected chi connectivity index (χ2v) is 7.66. The van der Waals surface area contributed by atoms with Crippen LogP contribution in [0.25, 0.3) is 21.9 Å². The molecular formula is C22H27N3O4. The standard InChI is InChI=1S/C22H27N3O4/c1-24(2)7-3-6-23-15-4-5-17-19(12-15)29-20-14-16(25-8-10-28-11-9-25)13-18(26)21(20)22(17)27/h4-5,12-14,23,26H,3,6-11H2,1-2H3. The van der Waals surface area contributed by atoms with Crippen molar-refractivity contribution in [3.05, 3.63) is 40.6 Å². The van der Waals surface area contributed by atoms with Crippen molar-refractivity contribution in [1.82, 2.24) is 4.90 Å². The molecule has 7 nitrogen and oxygen atoms in total. The minimum atomic E-state index is -0.216. The highest BCUT2D eigenvalue weighted by Gasteiger charge is 2.17. The Labute approximate surface area is 169 Å². The molecule has 0 atom stereocenters. The highest BCUT2D eigenvalue weighted by atomic mass is 16.5. The van der Waals surface area contributed by atoms with Gasteiger partial charge in [-0.15, -0.1) is 0 Å². The number of nitrogens with zero attached hydrogens (tertiary/aromatic N) is 2. The summed E-state index contributed by atoms with van der Waals surface area (Å²) in [5.74, 6) is -0.0504. The van der Waals surface area contributed by atoms with Crippen molar-refractivity contribution in [3.63, 3.8) is 0 Å². The molecule has 0 amide bonds. The van der Waals surface area contributed by atoms with Gasteiger partial charge in [-0.2, -0.15) is 0 Å². The van der Waals surface area contributed by atoms with Crippen LogP contribution in [0.1, 0.15) is 6.42 Å². The smallest absolute Gasteiger partial charge is 0.204 e. The van der Waals surface area contributed by atoms with Crippen molar-refractivity contribution in [3.8, 4) is 5.75 Å². The topological polar surface area (TPSA) is 78.2 Å². The molecule has 0 aliphatic carbocycles. The lowest BCUT2D eigenvalue weighted by atomic mass is 10.1. The van der Waals surface area contributed by atoms with E-state index in [-0.39, 0.29) is 16.6 Å². The second-order valence-electron chi connectivity index (χ2n) is 7.66. The molecule has 1 aliphatic rings. The first-order valence-corrected chi connectivity index (χ1v) is 9.98. The van der Waals surface area contributed by atoms with Crippen molar-refractivity contribution in [2.75, 3.05) is 63.7 Å². The Morgan fingerprint density at radius 1 is 1.14 bits per heavy atom. The summed E-state index contributed by atoms with van der Waals surface area (Å²) in [6.45, 7) is 4.60. The summed E-state index contributed by atoms with van der Waals surface area (Å²) >= 11 is 0. The lowest BCUT2D eigenvalue weighted by Gasteiger charge is -2.29. The van der Waals surface area contributed by atoms with E-state index in [9.17, 15) is 9.90 Å². The zero-order valence-electron chi connectivity index (χ0n) is 16.9. The highest BCUT2D eigenvalue weighted by Crippen LogP contribution is 2.32. The average molecular weight is 397 g/mol. The normalized spacial score (nSPS) is 14.8. The number of anilines is 2. The van der Waals surface area contributed by atoms with Gasteiger partial charge < -0.3 is 29.4 Å². The molecule has 154 valence electrons. The van der Waals surface area contributed by atoms with Gasteiger partial charge in [0.25, 0.3) is 0 Å². The number of phenols is 1. The fourth-order valence-corrected chi connectivity index (χ4v) is 3.68. The summed E-state index contributed by atoms with van der Waals surface area (Å²) < 4.78 is 11.5. The number of nitrogens with one attached hydrogen (secondary N) is 1. The SMILES string of the molecule is CN(C)CCCNc1ccc2c(=O)c3c(O)cc(N4CCOCC4)cc3oc2c1. The molecule has 2 heterocycles. The zero-order valence-corrected chi connectivity index (χ0v) is 16.9. The molecule has 2 aromatic carbocycles. The molecule has 1 aliphatic heterocycles. The summed E-state index contributed by atoms with van der Waals surface area (Å²) in [5.41, 5.74) is 2.44. The molecular weight excluding hydrogens is 370 g/mol. The van der Waals surface area contributed by atoms with Gasteiger partial charge >= 0.3 is 0 Å². The largest absolute Gasteiger partial charge is 0.507 e. The van der Waals surface area contributed by atoms with Crippen LogP contribution in [0.5, 0.6) is 5.75 Å². The van der Waals surface area contributed by atoms with Crippen LogP contribution in [-0.2, 0) is 4.74 Å². The van der Waals surface area contributed by atoms with E-state index in [4.69, 9.17) is 9.15 Å². The maximum Gasteiger partial charge on any atom is 0.204 e. The predicted molar refractivity (Wildman–Crippen MR) is 116 cm³/mol. The van der Waals surface area contributed by atoms with Gasteiger partial charge in [0, 0.05) is 49.2 Å². The van der Waals surface area contributed by atoms with Crippen LogP contribution >= 0.6 is 0 Å². The van der Waals surface area contributed by atoms with Crippen LogP contribution in [-0.4, -0.2) is 63.5 Å². The highest BCUT2D eigenvalue weighted by molar-refractivity contribution is 5.95. The Balaban J connectivity index is 1.69. The van der Waals surface area contributed by atoms with Gasteiger partial charge in [0.15, 0.2) is 0 Å². The molecule has 29 heavy (non-hydrogen) atoms. The molecule has 0 bridgehead atoms. The molecule has 3 aromatic rings. The number of rotatable bonds is 6. The van der Waals surface area contributed by atoms with E-state index in [0.717, 1.165) is 44.0 Å². The van der Waals surface area contributed by atoms with Gasteiger partial charge in [-0.3, -0.25) is 4.79 Å². The quantitative estimate of drug-likeness (QED) is 0.489. The Morgan fingerprint density at radius 3 is 2.69 bits per heavy atom. The first kappa shape index (κ1) is 19.5. The number of fused-ring (bicyclic) bond motifs is 2. The van der Waals surface area contributed by atoms with Gasteiger partial charge in [-0.05, 0) is 39.2 Å². The van der Waals surface area contributed by atoms with E-state index >= 15 is 0 Å². The van der Waals surface area contributed by atoms with E-state index < -0.39 is 0 Å². The third-order valence-corrected chi connectivity index (χ3v) is 5.23. The van der Waals surface area contributed by atoms with Crippen LogP contribution in [0.4, 0.5) is 11.4 Å². The van der Waals surface area contributed by atoms with Gasteiger partial charge in [-0.1, -0.05) is 0 Å². The summed E-state index contributed by atoms with van der Waals surface area (Å²) in [7, 11) is 4.10. The van der Waals surface area contributed by atoms with E-state index in [1.165, 1.54) is 0 Å². The second kappa shape index (κ2) is 8.31. The van der Waals surface area contributed by atoms with Crippen LogP contribution in [0, 0.1) is 0 Å². The van der Waals surface area contributed by atoms with Gasteiger partial charge in [0.2, 0.25) is 5.43 Å². The molecule has 0 saturated carbocycles. The number of aromatic hydroxyl groups is 1. The number of benzene rings is 2. The fraction of sp³-hybridized carbons (Fsp3) is 0.409. The lowest BCUT2D eigenvalue weighted by Crippen LogP contribution is -2.36. The van der Waals surface area contributed by atoms with Crippen LogP contribution < -0.4 is 15.6 Å². The number of hydrogen-bond acceptors (Lipinski definition) is 7. The molecule has 2 N–H and O–H groups in total. The van der Waals surface area contributed by atoms with Crippen molar-refractivity contribution >= 4 is 33.3 Å². The summed E-state index contributed by atoms with van der Waals surface area (Å²) in [6.07, 6.45) is 1.02. The Bertz CT molecular complexity index is 1070. The monoisotopic (exact) mass is 397 g/mol. The number of hydrogen-bond donors (Lipinski definition) is 2. The van der Waals surface area contributed by atoms with Gasteiger partial charge in [-0.25, -0.2) is 0 Å². The minimum absolute atomic E-state index is 0.0504. The number of ether oxygens (including phenoxy) is 1. The maximum atomic E-state index is 13.0. The average Bonchev–Trinajstić information content (AvgIpc) is 2.71. The van der Waals surface area contributed by atoms with Crippen molar-refractivity contribution in [1.29, 1.82) is 0 Å². The van der Waals surface area contributed by atoms with Crippen molar-refractivity contribution in [2.45, 2.75) is 6.42 Å².